The molecule has 0 atom stereocenters. The van der Waals surface area contributed by atoms with E-state index in [-0.39, 0.29) is 41.1 Å². The lowest BCUT2D eigenvalue weighted by Crippen LogP contribution is -2.50. The van der Waals surface area contributed by atoms with Crippen LogP contribution in [0.5, 0.6) is 5.75 Å². The first-order valence-electron chi connectivity index (χ1n) is 9.68. The zero-order valence-electron chi connectivity index (χ0n) is 17.8. The average Bonchev–Trinajstić information content (AvgIpc) is 3.26. The fourth-order valence-corrected chi connectivity index (χ4v) is 5.51. The monoisotopic (exact) mass is 498 g/mol. The van der Waals surface area contributed by atoms with Gasteiger partial charge in [-0.05, 0) is 23.6 Å². The van der Waals surface area contributed by atoms with Crippen LogP contribution in [0, 0.1) is 10.1 Å². The molecule has 1 amide bonds. The molecule has 2 heterocycles. The molecule has 178 valence electrons. The van der Waals surface area contributed by atoms with Gasteiger partial charge in [0.05, 0.1) is 36.3 Å². The Kier molecular flexibility index (Phi) is 7.63. The van der Waals surface area contributed by atoms with Crippen molar-refractivity contribution in [3.8, 4) is 5.75 Å². The molecule has 0 unspecified atom stereocenters. The number of hydrogen-bond donors (Lipinski definition) is 1. The molecular weight excluding hydrogens is 476 g/mol. The number of nitrogens with zero attached hydrogens (tertiary/aromatic N) is 3. The number of rotatable bonds is 8. The number of amides is 1. The Hall–Kier alpha value is -3.07. The Bertz CT molecular complexity index is 1160. The molecule has 1 aliphatic rings. The minimum absolute atomic E-state index is 0.0123. The third kappa shape index (κ3) is 5.47. The van der Waals surface area contributed by atoms with E-state index >= 15 is 0 Å². The van der Waals surface area contributed by atoms with Crippen molar-refractivity contribution in [1.29, 1.82) is 0 Å². The van der Waals surface area contributed by atoms with Crippen molar-refractivity contribution in [3.05, 3.63) is 44.6 Å². The highest BCUT2D eigenvalue weighted by Gasteiger charge is 2.31. The number of anilines is 1. The lowest BCUT2D eigenvalue weighted by atomic mass is 10.3. The quantitative estimate of drug-likeness (QED) is 0.324. The summed E-state index contributed by atoms with van der Waals surface area (Å²) < 4.78 is 36.7. The van der Waals surface area contributed by atoms with Gasteiger partial charge in [-0.15, -0.1) is 11.3 Å². The van der Waals surface area contributed by atoms with Gasteiger partial charge in [-0.2, -0.15) is 4.31 Å². The number of nitrogens with one attached hydrogen (secondary N) is 1. The molecule has 1 aliphatic heterocycles. The summed E-state index contributed by atoms with van der Waals surface area (Å²) in [5, 5.41) is 15.5. The molecule has 1 fully saturated rings. The van der Waals surface area contributed by atoms with Crippen molar-refractivity contribution < 1.29 is 32.4 Å². The minimum Gasteiger partial charge on any atom is -0.490 e. The number of esters is 1. The van der Waals surface area contributed by atoms with Crippen molar-refractivity contribution in [3.63, 3.8) is 0 Å². The molecule has 1 aromatic carbocycles. The predicted molar refractivity (Wildman–Crippen MR) is 119 cm³/mol. The van der Waals surface area contributed by atoms with Crippen molar-refractivity contribution in [2.75, 3.05) is 52.3 Å². The Labute approximate surface area is 193 Å². The van der Waals surface area contributed by atoms with Crippen molar-refractivity contribution in [1.82, 2.24) is 9.21 Å². The Balaban J connectivity index is 1.61. The molecular formula is C19H22N4O8S2. The summed E-state index contributed by atoms with van der Waals surface area (Å²) in [5.41, 5.74) is -0.0761. The maximum absolute atomic E-state index is 13.0. The Morgan fingerprint density at radius 1 is 1.18 bits per heavy atom. The average molecular weight is 499 g/mol. The van der Waals surface area contributed by atoms with Crippen LogP contribution in [-0.2, 0) is 19.6 Å². The van der Waals surface area contributed by atoms with Gasteiger partial charge >= 0.3 is 11.7 Å². The zero-order chi connectivity index (χ0) is 24.2. The lowest BCUT2D eigenvalue weighted by Gasteiger charge is -2.33. The molecule has 33 heavy (non-hydrogen) atoms. The van der Waals surface area contributed by atoms with Crippen LogP contribution in [-0.4, -0.2) is 81.4 Å². The second-order valence-corrected chi connectivity index (χ2v) is 9.83. The summed E-state index contributed by atoms with van der Waals surface area (Å²) in [7, 11) is -1.44. The smallest absolute Gasteiger partial charge is 0.350 e. The second kappa shape index (κ2) is 10.2. The van der Waals surface area contributed by atoms with Crippen LogP contribution in [0.15, 0.2) is 34.5 Å². The Morgan fingerprint density at radius 3 is 2.48 bits per heavy atom. The molecule has 12 nitrogen and oxygen atoms in total. The first kappa shape index (κ1) is 24.6. The molecule has 1 N–H and O–H groups in total. The number of piperazine rings is 1. The number of carbonyl (C=O) groups excluding carboxylic acids is 2. The number of thiophene rings is 1. The van der Waals surface area contributed by atoms with Gasteiger partial charge in [0.1, 0.15) is 4.88 Å². The summed E-state index contributed by atoms with van der Waals surface area (Å²) in [6, 6.07) is 5.10. The van der Waals surface area contributed by atoms with Crippen LogP contribution in [0.25, 0.3) is 0 Å². The normalized spacial score (nSPS) is 15.1. The van der Waals surface area contributed by atoms with Gasteiger partial charge in [-0.3, -0.25) is 19.8 Å². The van der Waals surface area contributed by atoms with E-state index in [1.807, 2.05) is 0 Å². The molecule has 2 aromatic rings. The van der Waals surface area contributed by atoms with Gasteiger partial charge in [0.2, 0.25) is 15.9 Å². The van der Waals surface area contributed by atoms with Crippen LogP contribution in [0.4, 0.5) is 11.4 Å². The molecule has 1 aromatic heterocycles. The number of methoxy groups -OCH3 is 2. The number of carbonyl (C=O) groups is 2. The third-order valence-electron chi connectivity index (χ3n) is 4.99. The number of nitro groups is 1. The lowest BCUT2D eigenvalue weighted by molar-refractivity contribution is -0.386. The number of sulfonamides is 1. The summed E-state index contributed by atoms with van der Waals surface area (Å²) >= 11 is 1.15. The van der Waals surface area contributed by atoms with Crippen LogP contribution in [0.1, 0.15) is 9.67 Å². The van der Waals surface area contributed by atoms with E-state index in [0.717, 1.165) is 17.4 Å². The summed E-state index contributed by atoms with van der Waals surface area (Å²) in [5.74, 6) is -0.922. The first-order valence-corrected chi connectivity index (χ1v) is 12.0. The number of ether oxygens (including phenoxy) is 2. The summed E-state index contributed by atoms with van der Waals surface area (Å²) in [4.78, 5) is 36.5. The standard InChI is InChI=1S/C19H22N4O8S2/c1-30-16-4-3-13(11-15(16)23(26)27)33(28,29)22-8-6-21(7-9-22)12-17(24)20-14-5-10-32-18(14)19(25)31-2/h3-5,10-11H,6-9,12H2,1-2H3,(H,20,24). The van der Waals surface area contributed by atoms with E-state index in [1.165, 1.54) is 30.7 Å². The fraction of sp³-hybridized carbons (Fsp3) is 0.368. The van der Waals surface area contributed by atoms with Gasteiger partial charge < -0.3 is 14.8 Å². The van der Waals surface area contributed by atoms with E-state index in [1.54, 1.807) is 16.3 Å². The predicted octanol–water partition coefficient (Wildman–Crippen LogP) is 1.40. The highest BCUT2D eigenvalue weighted by atomic mass is 32.2. The molecule has 0 aliphatic carbocycles. The summed E-state index contributed by atoms with van der Waals surface area (Å²) in [6.45, 7) is 0.817. The fourth-order valence-electron chi connectivity index (χ4n) is 3.30. The van der Waals surface area contributed by atoms with Crippen molar-refractivity contribution in [2.24, 2.45) is 0 Å². The highest BCUT2D eigenvalue weighted by molar-refractivity contribution is 7.89. The maximum atomic E-state index is 13.0. The van der Waals surface area contributed by atoms with Gasteiger partial charge in [-0.25, -0.2) is 13.2 Å². The molecule has 14 heteroatoms. The van der Waals surface area contributed by atoms with Gasteiger partial charge in [0.15, 0.2) is 5.75 Å². The SMILES string of the molecule is COC(=O)c1sccc1NC(=O)CN1CCN(S(=O)(=O)c2ccc(OC)c([N+](=O)[O-])c2)CC1. The minimum atomic E-state index is -3.96. The largest absolute Gasteiger partial charge is 0.490 e. The van der Waals surface area contributed by atoms with Gasteiger partial charge in [0.25, 0.3) is 0 Å². The topological polar surface area (TPSA) is 148 Å². The Morgan fingerprint density at radius 2 is 1.88 bits per heavy atom. The van der Waals surface area contributed by atoms with E-state index in [2.05, 4.69) is 10.1 Å². The van der Waals surface area contributed by atoms with Crippen LogP contribution >= 0.6 is 11.3 Å². The molecule has 0 spiro atoms. The summed E-state index contributed by atoms with van der Waals surface area (Å²) in [6.07, 6.45) is 0. The van der Waals surface area contributed by atoms with E-state index in [9.17, 15) is 28.1 Å². The number of benzene rings is 1. The van der Waals surface area contributed by atoms with Crippen LogP contribution in [0.2, 0.25) is 0 Å². The van der Waals surface area contributed by atoms with Crippen LogP contribution in [0.3, 0.4) is 0 Å². The third-order valence-corrected chi connectivity index (χ3v) is 7.78. The van der Waals surface area contributed by atoms with E-state index in [0.29, 0.717) is 18.8 Å². The van der Waals surface area contributed by atoms with E-state index in [4.69, 9.17) is 4.74 Å². The zero-order valence-corrected chi connectivity index (χ0v) is 19.5. The van der Waals surface area contributed by atoms with Crippen molar-refractivity contribution >= 4 is 44.6 Å². The van der Waals surface area contributed by atoms with Crippen LogP contribution < -0.4 is 10.1 Å². The number of hydrogen-bond acceptors (Lipinski definition) is 10. The highest BCUT2D eigenvalue weighted by Crippen LogP contribution is 2.31. The van der Waals surface area contributed by atoms with Gasteiger partial charge in [-0.1, -0.05) is 0 Å². The maximum Gasteiger partial charge on any atom is 0.350 e. The molecule has 0 radical (unpaired) electrons. The number of nitro benzene ring substituents is 1. The first-order chi connectivity index (χ1) is 15.7. The molecule has 3 rings (SSSR count). The van der Waals surface area contributed by atoms with Crippen molar-refractivity contribution in [2.45, 2.75) is 4.90 Å². The molecule has 0 saturated carbocycles. The molecule has 1 saturated heterocycles. The molecule has 0 bridgehead atoms. The van der Waals surface area contributed by atoms with Gasteiger partial charge in [0, 0.05) is 32.2 Å². The van der Waals surface area contributed by atoms with E-state index < -0.39 is 26.6 Å². The second-order valence-electron chi connectivity index (χ2n) is 6.97.